The van der Waals surface area contributed by atoms with Crippen molar-refractivity contribution >= 4 is 17.7 Å². The van der Waals surface area contributed by atoms with Crippen LogP contribution in [0.4, 0.5) is 0 Å². The Kier molecular flexibility index (Phi) is 19.1. The van der Waals surface area contributed by atoms with Gasteiger partial charge < -0.3 is 28.8 Å². The van der Waals surface area contributed by atoms with Crippen LogP contribution < -0.4 is 0 Å². The Bertz CT molecular complexity index is 412. The number of esters is 1. The zero-order valence-corrected chi connectivity index (χ0v) is 16.8. The van der Waals surface area contributed by atoms with Crippen LogP contribution in [0.1, 0.15) is 45.4 Å². The number of Topliss-reactive ketones (excluding diaryl/α,β-unsaturated/α-hetero) is 1. The van der Waals surface area contributed by atoms with E-state index < -0.39 is 17.7 Å². The second-order valence-corrected chi connectivity index (χ2v) is 5.96. The van der Waals surface area contributed by atoms with Gasteiger partial charge in [-0.2, -0.15) is 0 Å². The minimum Gasteiger partial charge on any atom is -0.476 e. The van der Waals surface area contributed by atoms with Gasteiger partial charge in [0, 0.05) is 13.0 Å². The number of hydrogen-bond acceptors (Lipinski definition) is 8. The van der Waals surface area contributed by atoms with Crippen molar-refractivity contribution in [3.05, 3.63) is 0 Å². The zero-order chi connectivity index (χ0) is 20.9. The highest BCUT2D eigenvalue weighted by Gasteiger charge is 2.14. The van der Waals surface area contributed by atoms with Gasteiger partial charge in [-0.15, -0.1) is 0 Å². The van der Waals surface area contributed by atoms with E-state index in [2.05, 4.69) is 6.92 Å². The fourth-order valence-electron chi connectivity index (χ4n) is 2.00. The highest BCUT2D eigenvalue weighted by molar-refractivity contribution is 6.32. The van der Waals surface area contributed by atoms with Crippen molar-refractivity contribution in [2.45, 2.75) is 45.4 Å². The minimum atomic E-state index is -1.55. The third-order valence-corrected chi connectivity index (χ3v) is 3.54. The molecule has 0 bridgehead atoms. The summed E-state index contributed by atoms with van der Waals surface area (Å²) < 4.78 is 26.2. The van der Waals surface area contributed by atoms with E-state index in [-0.39, 0.29) is 26.1 Å². The summed E-state index contributed by atoms with van der Waals surface area (Å²) in [5, 5.41) is 8.38. The van der Waals surface area contributed by atoms with Crippen LogP contribution in [0.5, 0.6) is 0 Å². The fourth-order valence-corrected chi connectivity index (χ4v) is 2.00. The molecular weight excluding hydrogens is 372 g/mol. The second-order valence-electron chi connectivity index (χ2n) is 5.96. The van der Waals surface area contributed by atoms with Gasteiger partial charge in [0.2, 0.25) is 5.78 Å². The van der Waals surface area contributed by atoms with Crippen molar-refractivity contribution < 1.29 is 43.2 Å². The lowest BCUT2D eigenvalue weighted by Crippen LogP contribution is -2.17. The molecular formula is C19H34O9. The molecule has 0 heterocycles. The normalized spacial score (nSPS) is 10.8. The number of carbonyl (C=O) groups excluding carboxylic acids is 2. The first kappa shape index (κ1) is 26.4. The Morgan fingerprint density at radius 2 is 1.14 bits per heavy atom. The molecule has 0 aliphatic heterocycles. The van der Waals surface area contributed by atoms with Crippen LogP contribution in [-0.2, 0) is 38.1 Å². The lowest BCUT2D eigenvalue weighted by molar-refractivity contribution is -0.151. The van der Waals surface area contributed by atoms with Gasteiger partial charge in [-0.3, -0.25) is 9.59 Å². The molecule has 164 valence electrons. The Morgan fingerprint density at radius 3 is 1.64 bits per heavy atom. The summed E-state index contributed by atoms with van der Waals surface area (Å²) in [4.78, 5) is 32.4. The van der Waals surface area contributed by atoms with E-state index in [9.17, 15) is 14.4 Å². The van der Waals surface area contributed by atoms with Crippen LogP contribution in [0, 0.1) is 0 Å². The molecule has 0 spiro atoms. The third kappa shape index (κ3) is 19.2. The summed E-state index contributed by atoms with van der Waals surface area (Å²) in [6.45, 7) is 6.07. The minimum absolute atomic E-state index is 0.0433. The molecule has 9 heteroatoms. The summed E-state index contributed by atoms with van der Waals surface area (Å²) in [5.74, 6) is -3.19. The smallest absolute Gasteiger partial charge is 0.372 e. The molecule has 0 rings (SSSR count). The average Bonchev–Trinajstić information content (AvgIpc) is 2.68. The molecule has 0 fully saturated rings. The first-order valence-corrected chi connectivity index (χ1v) is 9.80. The highest BCUT2D eigenvalue weighted by Crippen LogP contribution is 1.98. The summed E-state index contributed by atoms with van der Waals surface area (Å²) in [7, 11) is 0. The van der Waals surface area contributed by atoms with Gasteiger partial charge in [0.05, 0.1) is 52.7 Å². The molecule has 0 aromatic heterocycles. The largest absolute Gasteiger partial charge is 0.476 e. The molecule has 0 aromatic carbocycles. The number of carbonyl (C=O) groups is 3. The molecule has 0 unspecified atom stereocenters. The van der Waals surface area contributed by atoms with E-state index in [1.165, 1.54) is 19.3 Å². The third-order valence-electron chi connectivity index (χ3n) is 3.54. The average molecular weight is 406 g/mol. The van der Waals surface area contributed by atoms with Crippen LogP contribution in [0.25, 0.3) is 0 Å². The van der Waals surface area contributed by atoms with Crippen molar-refractivity contribution in [2.75, 3.05) is 59.5 Å². The second kappa shape index (κ2) is 20.2. The van der Waals surface area contributed by atoms with Gasteiger partial charge in [-0.05, 0) is 6.42 Å². The van der Waals surface area contributed by atoms with Gasteiger partial charge in [0.25, 0.3) is 0 Å². The number of ether oxygens (including phenoxy) is 5. The maximum Gasteiger partial charge on any atom is 0.372 e. The number of carboxylic acid groups (broad SMARTS) is 1. The zero-order valence-electron chi connectivity index (χ0n) is 16.8. The first-order chi connectivity index (χ1) is 13.6. The topological polar surface area (TPSA) is 118 Å². The molecule has 1 N–H and O–H groups in total. The van der Waals surface area contributed by atoms with Gasteiger partial charge in [-0.25, -0.2) is 4.79 Å². The van der Waals surface area contributed by atoms with Crippen molar-refractivity contribution in [3.8, 4) is 0 Å². The maximum absolute atomic E-state index is 11.3. The van der Waals surface area contributed by atoms with Crippen LogP contribution in [0.3, 0.4) is 0 Å². The molecule has 0 amide bonds. The van der Waals surface area contributed by atoms with E-state index in [4.69, 9.17) is 28.8 Å². The summed E-state index contributed by atoms with van der Waals surface area (Å²) >= 11 is 0. The number of hydrogen-bond donors (Lipinski definition) is 1. The molecule has 0 aliphatic rings. The Hall–Kier alpha value is -1.55. The summed E-state index contributed by atoms with van der Waals surface area (Å²) in [6.07, 6.45) is 4.17. The van der Waals surface area contributed by atoms with Gasteiger partial charge >= 0.3 is 11.9 Å². The fraction of sp³-hybridized carbons (Fsp3) is 0.842. The Balaban J connectivity index is 3.18. The van der Waals surface area contributed by atoms with Gasteiger partial charge in [0.15, 0.2) is 0 Å². The summed E-state index contributed by atoms with van der Waals surface area (Å²) in [5.41, 5.74) is 0. The monoisotopic (exact) mass is 406 g/mol. The molecule has 0 aromatic rings. The predicted octanol–water partition coefficient (Wildman–Crippen LogP) is 1.61. The number of aliphatic carboxylic acids is 1. The lowest BCUT2D eigenvalue weighted by Gasteiger charge is -2.08. The molecule has 0 radical (unpaired) electrons. The molecule has 28 heavy (non-hydrogen) atoms. The SMILES string of the molecule is CCCCCCOCCOCCOCCOCCOC(=O)CCC(=O)C(=O)O. The van der Waals surface area contributed by atoms with Gasteiger partial charge in [-0.1, -0.05) is 26.2 Å². The Labute approximate surface area is 166 Å². The lowest BCUT2D eigenvalue weighted by atomic mass is 10.2. The van der Waals surface area contributed by atoms with E-state index in [0.717, 1.165) is 13.0 Å². The predicted molar refractivity (Wildman–Crippen MR) is 100 cm³/mol. The van der Waals surface area contributed by atoms with Crippen LogP contribution in [-0.4, -0.2) is 82.3 Å². The van der Waals surface area contributed by atoms with Crippen LogP contribution in [0.15, 0.2) is 0 Å². The number of unbranched alkanes of at least 4 members (excludes halogenated alkanes) is 3. The van der Waals surface area contributed by atoms with E-state index >= 15 is 0 Å². The highest BCUT2D eigenvalue weighted by atomic mass is 16.6. The molecule has 0 aliphatic carbocycles. The first-order valence-electron chi connectivity index (χ1n) is 9.80. The maximum atomic E-state index is 11.3. The molecule has 0 atom stereocenters. The van der Waals surface area contributed by atoms with E-state index in [1.807, 2.05) is 0 Å². The number of carboxylic acids is 1. The number of ketones is 1. The van der Waals surface area contributed by atoms with Crippen LogP contribution >= 0.6 is 0 Å². The Morgan fingerprint density at radius 1 is 0.643 bits per heavy atom. The van der Waals surface area contributed by atoms with E-state index in [1.54, 1.807) is 0 Å². The number of rotatable bonds is 21. The van der Waals surface area contributed by atoms with Crippen molar-refractivity contribution in [1.82, 2.24) is 0 Å². The van der Waals surface area contributed by atoms with Gasteiger partial charge in [0.1, 0.15) is 6.61 Å². The van der Waals surface area contributed by atoms with E-state index in [0.29, 0.717) is 39.6 Å². The van der Waals surface area contributed by atoms with Crippen molar-refractivity contribution in [1.29, 1.82) is 0 Å². The molecule has 9 nitrogen and oxygen atoms in total. The standard InChI is InChI=1S/C19H34O9/c1-2-3-4-5-8-24-9-10-25-11-12-26-13-14-27-15-16-28-18(21)7-6-17(20)19(22)23/h2-16H2,1H3,(H,22,23). The molecule has 0 saturated carbocycles. The quantitative estimate of drug-likeness (QED) is 0.172. The van der Waals surface area contributed by atoms with Crippen molar-refractivity contribution in [3.63, 3.8) is 0 Å². The van der Waals surface area contributed by atoms with Crippen molar-refractivity contribution in [2.24, 2.45) is 0 Å². The summed E-state index contributed by atoms with van der Waals surface area (Å²) in [6, 6.07) is 0. The van der Waals surface area contributed by atoms with Crippen LogP contribution in [0.2, 0.25) is 0 Å². The molecule has 0 saturated heterocycles.